The summed E-state index contributed by atoms with van der Waals surface area (Å²) >= 11 is 5.17. The summed E-state index contributed by atoms with van der Waals surface area (Å²) in [6, 6.07) is 0.260. The van der Waals surface area contributed by atoms with E-state index in [9.17, 15) is 4.79 Å². The third-order valence-electron chi connectivity index (χ3n) is 4.34. The van der Waals surface area contributed by atoms with Gasteiger partial charge in [0.05, 0.1) is 10.4 Å². The first-order chi connectivity index (χ1) is 8.54. The molecule has 1 atom stereocenters. The molecule has 5 heteroatoms. The molecule has 2 rings (SSSR count). The van der Waals surface area contributed by atoms with Crippen molar-refractivity contribution < 1.29 is 4.79 Å². The van der Waals surface area contributed by atoms with E-state index in [1.165, 1.54) is 6.42 Å². The van der Waals surface area contributed by atoms with E-state index in [2.05, 4.69) is 17.3 Å². The van der Waals surface area contributed by atoms with Gasteiger partial charge in [0, 0.05) is 12.6 Å². The minimum absolute atomic E-state index is 0.0648. The number of rotatable bonds is 3. The number of thiocarbonyl (C=S) groups is 1. The van der Waals surface area contributed by atoms with Crippen molar-refractivity contribution in [2.24, 2.45) is 11.1 Å². The quantitative estimate of drug-likeness (QED) is 0.752. The number of nitrogens with one attached hydrogen (secondary N) is 1. The summed E-state index contributed by atoms with van der Waals surface area (Å²) in [6.45, 7) is 1.98. The van der Waals surface area contributed by atoms with Crippen molar-refractivity contribution in [2.75, 3.05) is 20.1 Å². The highest BCUT2D eigenvalue weighted by Crippen LogP contribution is 2.37. The van der Waals surface area contributed by atoms with Crippen molar-refractivity contribution in [3.05, 3.63) is 0 Å². The lowest BCUT2D eigenvalue weighted by atomic mass is 9.73. The lowest BCUT2D eigenvalue weighted by Crippen LogP contribution is -2.52. The molecule has 4 nitrogen and oxygen atoms in total. The van der Waals surface area contributed by atoms with Gasteiger partial charge in [-0.2, -0.15) is 0 Å². The van der Waals surface area contributed by atoms with Crippen molar-refractivity contribution in [3.63, 3.8) is 0 Å². The normalized spacial score (nSPS) is 27.9. The number of carbonyl (C=O) groups excluding carboxylic acids is 1. The highest BCUT2D eigenvalue weighted by Gasteiger charge is 2.43. The molecule has 1 saturated heterocycles. The monoisotopic (exact) mass is 269 g/mol. The van der Waals surface area contributed by atoms with Crippen LogP contribution in [-0.4, -0.2) is 42.0 Å². The Morgan fingerprint density at radius 2 is 2.06 bits per heavy atom. The molecular weight excluding hydrogens is 246 g/mol. The molecule has 0 radical (unpaired) electrons. The van der Waals surface area contributed by atoms with Crippen LogP contribution in [0.1, 0.15) is 38.5 Å². The highest BCUT2D eigenvalue weighted by molar-refractivity contribution is 7.80. The summed E-state index contributed by atoms with van der Waals surface area (Å²) in [4.78, 5) is 15.1. The van der Waals surface area contributed by atoms with Gasteiger partial charge in [-0.3, -0.25) is 4.79 Å². The van der Waals surface area contributed by atoms with Crippen LogP contribution in [0.4, 0.5) is 0 Å². The lowest BCUT2D eigenvalue weighted by molar-refractivity contribution is -0.129. The standard InChI is InChI=1S/C13H23N3OS/c1-16-8-5-10(9-16)15-12(17)13(11(14)18)6-3-2-4-7-13/h10H,2-9H2,1H3,(H2,14,18)(H,15,17). The van der Waals surface area contributed by atoms with Crippen molar-refractivity contribution in [3.8, 4) is 0 Å². The number of likely N-dealkylation sites (tertiary alicyclic amines) is 1. The first-order valence-electron chi connectivity index (χ1n) is 6.84. The first kappa shape index (κ1) is 13.7. The fourth-order valence-corrected chi connectivity index (χ4v) is 3.41. The van der Waals surface area contributed by atoms with E-state index < -0.39 is 5.41 Å². The smallest absolute Gasteiger partial charge is 0.233 e. The van der Waals surface area contributed by atoms with Crippen LogP contribution in [0, 0.1) is 5.41 Å². The van der Waals surface area contributed by atoms with E-state index in [0.29, 0.717) is 4.99 Å². The summed E-state index contributed by atoms with van der Waals surface area (Å²) < 4.78 is 0. The zero-order chi connectivity index (χ0) is 13.2. The van der Waals surface area contributed by atoms with Crippen LogP contribution in [0.25, 0.3) is 0 Å². The van der Waals surface area contributed by atoms with Crippen LogP contribution in [0.3, 0.4) is 0 Å². The molecule has 1 aliphatic heterocycles. The number of nitrogens with two attached hydrogens (primary N) is 1. The largest absolute Gasteiger partial charge is 0.392 e. The zero-order valence-electron chi connectivity index (χ0n) is 11.1. The van der Waals surface area contributed by atoms with Gasteiger partial charge in [-0.15, -0.1) is 0 Å². The second-order valence-corrected chi connectivity index (χ2v) is 6.17. The van der Waals surface area contributed by atoms with Crippen molar-refractivity contribution >= 4 is 23.1 Å². The van der Waals surface area contributed by atoms with Gasteiger partial charge in [0.25, 0.3) is 0 Å². The predicted molar refractivity (Wildman–Crippen MR) is 76.3 cm³/mol. The molecule has 18 heavy (non-hydrogen) atoms. The predicted octanol–water partition coefficient (Wildman–Crippen LogP) is 1.04. The molecule has 102 valence electrons. The average Bonchev–Trinajstić information content (AvgIpc) is 2.75. The van der Waals surface area contributed by atoms with Crippen LogP contribution < -0.4 is 11.1 Å². The molecule has 1 unspecified atom stereocenters. The van der Waals surface area contributed by atoms with Crippen LogP contribution >= 0.6 is 12.2 Å². The minimum atomic E-state index is -0.575. The van der Waals surface area contributed by atoms with Gasteiger partial charge >= 0.3 is 0 Å². The molecule has 3 N–H and O–H groups in total. The highest BCUT2D eigenvalue weighted by atomic mass is 32.1. The second kappa shape index (κ2) is 5.53. The third-order valence-corrected chi connectivity index (χ3v) is 4.73. The fraction of sp³-hybridized carbons (Fsp3) is 0.846. The van der Waals surface area contributed by atoms with E-state index >= 15 is 0 Å². The molecule has 2 aliphatic rings. The van der Waals surface area contributed by atoms with Gasteiger partial charge in [-0.1, -0.05) is 31.5 Å². The van der Waals surface area contributed by atoms with Crippen molar-refractivity contribution in [1.29, 1.82) is 0 Å². The lowest BCUT2D eigenvalue weighted by Gasteiger charge is -2.35. The number of hydrogen-bond donors (Lipinski definition) is 2. The molecule has 2 fully saturated rings. The van der Waals surface area contributed by atoms with Crippen LogP contribution in [-0.2, 0) is 4.79 Å². The molecule has 0 spiro atoms. The van der Waals surface area contributed by atoms with Gasteiger partial charge in [0.2, 0.25) is 5.91 Å². The number of hydrogen-bond acceptors (Lipinski definition) is 3. The summed E-state index contributed by atoms with van der Waals surface area (Å²) in [6.07, 6.45) is 5.94. The Hall–Kier alpha value is -0.680. The Morgan fingerprint density at radius 1 is 1.39 bits per heavy atom. The summed E-state index contributed by atoms with van der Waals surface area (Å²) in [5.41, 5.74) is 5.29. The molecular formula is C13H23N3OS. The van der Waals surface area contributed by atoms with E-state index in [-0.39, 0.29) is 11.9 Å². The van der Waals surface area contributed by atoms with Crippen molar-refractivity contribution in [1.82, 2.24) is 10.2 Å². The Labute approximate surface area is 114 Å². The van der Waals surface area contributed by atoms with Gasteiger partial charge < -0.3 is 16.0 Å². The number of amides is 1. The van der Waals surface area contributed by atoms with Gasteiger partial charge in [0.1, 0.15) is 0 Å². The third kappa shape index (κ3) is 2.67. The molecule has 1 heterocycles. The number of likely N-dealkylation sites (N-methyl/N-ethyl adjacent to an activating group) is 1. The molecule has 0 bridgehead atoms. The fourth-order valence-electron chi connectivity index (χ4n) is 3.12. The maximum Gasteiger partial charge on any atom is 0.233 e. The van der Waals surface area contributed by atoms with E-state index in [4.69, 9.17) is 18.0 Å². The Morgan fingerprint density at radius 3 is 2.56 bits per heavy atom. The average molecular weight is 269 g/mol. The van der Waals surface area contributed by atoms with Gasteiger partial charge in [-0.25, -0.2) is 0 Å². The minimum Gasteiger partial charge on any atom is -0.392 e. The summed E-state index contributed by atoms with van der Waals surface area (Å²) in [7, 11) is 2.08. The Kier molecular flexibility index (Phi) is 4.22. The maximum atomic E-state index is 12.5. The number of carbonyl (C=O) groups is 1. The van der Waals surface area contributed by atoms with E-state index in [0.717, 1.165) is 45.2 Å². The molecule has 0 aromatic rings. The molecule has 0 aromatic heterocycles. The van der Waals surface area contributed by atoms with Gasteiger partial charge in [0.15, 0.2) is 0 Å². The first-order valence-corrected chi connectivity index (χ1v) is 7.25. The SMILES string of the molecule is CN1CCC(NC(=O)C2(C(N)=S)CCCCC2)C1. The maximum absolute atomic E-state index is 12.5. The Bertz CT molecular complexity index is 339. The molecule has 0 aromatic carbocycles. The van der Waals surface area contributed by atoms with Crippen LogP contribution in [0.15, 0.2) is 0 Å². The Balaban J connectivity index is 2.02. The topological polar surface area (TPSA) is 58.4 Å². The molecule has 1 amide bonds. The van der Waals surface area contributed by atoms with Gasteiger partial charge in [-0.05, 0) is 32.9 Å². The summed E-state index contributed by atoms with van der Waals surface area (Å²) in [5.74, 6) is 0.0648. The van der Waals surface area contributed by atoms with E-state index in [1.807, 2.05) is 0 Å². The molecule has 1 aliphatic carbocycles. The van der Waals surface area contributed by atoms with E-state index in [1.54, 1.807) is 0 Å². The number of nitrogens with zero attached hydrogens (tertiary/aromatic N) is 1. The zero-order valence-corrected chi connectivity index (χ0v) is 11.9. The van der Waals surface area contributed by atoms with Crippen LogP contribution in [0.2, 0.25) is 0 Å². The summed E-state index contributed by atoms with van der Waals surface area (Å²) in [5, 5.41) is 3.15. The van der Waals surface area contributed by atoms with Crippen molar-refractivity contribution in [2.45, 2.75) is 44.6 Å². The molecule has 1 saturated carbocycles. The second-order valence-electron chi connectivity index (χ2n) is 5.73. The van der Waals surface area contributed by atoms with Crippen LogP contribution in [0.5, 0.6) is 0 Å².